The number of rotatable bonds is 3. The van der Waals surface area contributed by atoms with Gasteiger partial charge in [-0.3, -0.25) is 9.78 Å². The highest BCUT2D eigenvalue weighted by Crippen LogP contribution is 2.31. The van der Waals surface area contributed by atoms with Crippen LogP contribution in [0.4, 0.5) is 13.2 Å². The van der Waals surface area contributed by atoms with Gasteiger partial charge >= 0.3 is 12.1 Å². The number of alkyl halides is 3. The molecular weight excluding hydrogens is 431 g/mol. The Balaban J connectivity index is 0.000000360. The van der Waals surface area contributed by atoms with Crippen LogP contribution >= 0.6 is 0 Å². The number of carboxylic acids is 1. The third-order valence-corrected chi connectivity index (χ3v) is 5.07. The van der Waals surface area contributed by atoms with Gasteiger partial charge in [0.25, 0.3) is 5.91 Å². The maximum absolute atomic E-state index is 12.9. The Morgan fingerprint density at radius 3 is 2.53 bits per heavy atom. The van der Waals surface area contributed by atoms with Gasteiger partial charge in [0, 0.05) is 38.0 Å². The van der Waals surface area contributed by atoms with E-state index in [0.29, 0.717) is 24.7 Å². The van der Waals surface area contributed by atoms with E-state index < -0.39 is 12.1 Å². The number of ether oxygens (including phenoxy) is 2. The van der Waals surface area contributed by atoms with E-state index in [9.17, 15) is 18.0 Å². The molecule has 0 aliphatic carbocycles. The summed E-state index contributed by atoms with van der Waals surface area (Å²) < 4.78 is 43.7. The van der Waals surface area contributed by atoms with Gasteiger partial charge in [-0.1, -0.05) is 12.1 Å². The van der Waals surface area contributed by atoms with E-state index in [1.807, 2.05) is 36.1 Å². The number of nitrogens with zero attached hydrogens (tertiary/aromatic N) is 3. The van der Waals surface area contributed by atoms with E-state index in [-0.39, 0.29) is 24.2 Å². The molecule has 0 radical (unpaired) electrons. The average Bonchev–Trinajstić information content (AvgIpc) is 3.25. The fourth-order valence-corrected chi connectivity index (χ4v) is 3.58. The normalized spacial score (nSPS) is 22.4. The number of carbonyl (C=O) groups is 2. The number of likely N-dealkylation sites (tertiary alicyclic amines) is 1. The lowest BCUT2D eigenvalue weighted by Gasteiger charge is -2.40. The zero-order chi connectivity index (χ0) is 23.3. The topological polar surface area (TPSA) is 102 Å². The van der Waals surface area contributed by atoms with Crippen molar-refractivity contribution in [1.82, 2.24) is 14.9 Å². The Kier molecular flexibility index (Phi) is 7.29. The van der Waals surface area contributed by atoms with Gasteiger partial charge in [0.2, 0.25) is 5.88 Å². The molecule has 2 fully saturated rings. The zero-order valence-corrected chi connectivity index (χ0v) is 17.2. The van der Waals surface area contributed by atoms with Gasteiger partial charge in [-0.25, -0.2) is 9.78 Å². The van der Waals surface area contributed by atoms with Gasteiger partial charge in [0.05, 0.1) is 6.04 Å². The molecule has 1 N–H and O–H groups in total. The van der Waals surface area contributed by atoms with Gasteiger partial charge < -0.3 is 19.5 Å². The molecule has 32 heavy (non-hydrogen) atoms. The van der Waals surface area contributed by atoms with E-state index in [0.717, 1.165) is 18.4 Å². The molecular formula is C21H22F3N3O5. The molecule has 172 valence electrons. The van der Waals surface area contributed by atoms with E-state index >= 15 is 0 Å². The quantitative estimate of drug-likeness (QED) is 0.763. The number of aliphatic carboxylic acids is 1. The molecule has 2 aromatic rings. The van der Waals surface area contributed by atoms with Crippen molar-refractivity contribution in [3.63, 3.8) is 0 Å². The summed E-state index contributed by atoms with van der Waals surface area (Å²) in [5.74, 6) is -2.19. The van der Waals surface area contributed by atoms with Crippen LogP contribution in [-0.4, -0.2) is 69.4 Å². The van der Waals surface area contributed by atoms with Crippen molar-refractivity contribution in [1.29, 1.82) is 0 Å². The minimum atomic E-state index is -5.08. The van der Waals surface area contributed by atoms with Crippen molar-refractivity contribution in [2.75, 3.05) is 13.2 Å². The number of piperidine rings is 1. The van der Waals surface area contributed by atoms with Crippen molar-refractivity contribution in [3.05, 3.63) is 54.0 Å². The van der Waals surface area contributed by atoms with Crippen LogP contribution in [0.1, 0.15) is 28.9 Å². The second-order valence-corrected chi connectivity index (χ2v) is 7.33. The molecule has 3 atom stereocenters. The van der Waals surface area contributed by atoms with Crippen molar-refractivity contribution in [3.8, 4) is 5.88 Å². The largest absolute Gasteiger partial charge is 0.490 e. The number of hydrogen-bond acceptors (Lipinski definition) is 6. The van der Waals surface area contributed by atoms with Crippen molar-refractivity contribution in [2.24, 2.45) is 0 Å². The molecule has 4 heterocycles. The molecule has 0 spiro atoms. The Hall–Kier alpha value is -3.21. The lowest BCUT2D eigenvalue weighted by atomic mass is 9.95. The first-order valence-corrected chi connectivity index (χ1v) is 9.90. The minimum Gasteiger partial charge on any atom is -0.475 e. The van der Waals surface area contributed by atoms with E-state index in [2.05, 4.69) is 9.97 Å². The second-order valence-electron chi connectivity index (χ2n) is 7.33. The maximum atomic E-state index is 12.9. The summed E-state index contributed by atoms with van der Waals surface area (Å²) in [5, 5.41) is 7.12. The van der Waals surface area contributed by atoms with Crippen LogP contribution < -0.4 is 4.74 Å². The predicted octanol–water partition coefficient (Wildman–Crippen LogP) is 2.87. The van der Waals surface area contributed by atoms with E-state index in [1.165, 1.54) is 0 Å². The first-order valence-electron chi connectivity index (χ1n) is 9.90. The summed E-state index contributed by atoms with van der Waals surface area (Å²) in [7, 11) is 0. The smallest absolute Gasteiger partial charge is 0.475 e. The summed E-state index contributed by atoms with van der Waals surface area (Å²) in [6, 6.07) is 9.34. The Morgan fingerprint density at radius 1 is 1.19 bits per heavy atom. The standard InChI is InChI=1S/C19H21N3O3.C2HF3O2/c1-13-5-6-14(21-12-13)19(23)22-10-7-16(18-15(22)8-11-24-18)25-17-4-2-3-9-20-17;3-2(4,5)1(6)7/h2-6,9,12,15-16,18H,7-8,10-11H2,1H3;(H,6,7)/t15-,16+,18-;/m0./s1. The molecule has 8 nitrogen and oxygen atoms in total. The molecule has 0 bridgehead atoms. The lowest BCUT2D eigenvalue weighted by Crippen LogP contribution is -2.56. The van der Waals surface area contributed by atoms with Gasteiger partial charge in [0.15, 0.2) is 0 Å². The highest BCUT2D eigenvalue weighted by atomic mass is 19.4. The Bertz CT molecular complexity index is 925. The third-order valence-electron chi connectivity index (χ3n) is 5.07. The van der Waals surface area contributed by atoms with E-state index in [4.69, 9.17) is 19.4 Å². The van der Waals surface area contributed by atoms with Crippen LogP contribution in [0, 0.1) is 6.92 Å². The van der Waals surface area contributed by atoms with Crippen LogP contribution in [-0.2, 0) is 9.53 Å². The average molecular weight is 453 g/mol. The molecule has 2 saturated heterocycles. The number of carbonyl (C=O) groups excluding carboxylic acids is 1. The van der Waals surface area contributed by atoms with Crippen molar-refractivity contribution < 1.29 is 37.3 Å². The van der Waals surface area contributed by atoms with Crippen LogP contribution in [0.5, 0.6) is 5.88 Å². The van der Waals surface area contributed by atoms with Crippen molar-refractivity contribution in [2.45, 2.75) is 44.2 Å². The summed E-state index contributed by atoms with van der Waals surface area (Å²) in [4.78, 5) is 32.2. The first-order chi connectivity index (χ1) is 15.2. The highest BCUT2D eigenvalue weighted by molar-refractivity contribution is 5.92. The number of halogens is 3. The number of carboxylic acid groups (broad SMARTS) is 1. The van der Waals surface area contributed by atoms with Crippen LogP contribution in [0.15, 0.2) is 42.7 Å². The van der Waals surface area contributed by atoms with Crippen LogP contribution in [0.3, 0.4) is 0 Å². The van der Waals surface area contributed by atoms with Gasteiger partial charge in [-0.15, -0.1) is 0 Å². The maximum Gasteiger partial charge on any atom is 0.490 e. The molecule has 2 aliphatic rings. The number of amides is 1. The monoisotopic (exact) mass is 453 g/mol. The van der Waals surface area contributed by atoms with Crippen LogP contribution in [0.2, 0.25) is 0 Å². The molecule has 0 saturated carbocycles. The third kappa shape index (κ3) is 5.72. The predicted molar refractivity (Wildman–Crippen MR) is 105 cm³/mol. The zero-order valence-electron chi connectivity index (χ0n) is 17.2. The number of pyridine rings is 2. The summed E-state index contributed by atoms with van der Waals surface area (Å²) in [6.07, 6.45) is -0.307. The van der Waals surface area contributed by atoms with Gasteiger partial charge in [0.1, 0.15) is 17.9 Å². The molecule has 0 unspecified atom stereocenters. The lowest BCUT2D eigenvalue weighted by molar-refractivity contribution is -0.192. The van der Waals surface area contributed by atoms with Crippen LogP contribution in [0.25, 0.3) is 0 Å². The summed E-state index contributed by atoms with van der Waals surface area (Å²) >= 11 is 0. The van der Waals surface area contributed by atoms with E-state index in [1.54, 1.807) is 18.5 Å². The van der Waals surface area contributed by atoms with Crippen molar-refractivity contribution >= 4 is 11.9 Å². The summed E-state index contributed by atoms with van der Waals surface area (Å²) in [6.45, 7) is 3.24. The SMILES string of the molecule is Cc1ccc(C(=O)N2CC[C@@H](Oc3ccccn3)[C@H]3OCC[C@@H]32)nc1.O=C(O)C(F)(F)F. The second kappa shape index (κ2) is 9.94. The molecule has 2 aliphatic heterocycles. The van der Waals surface area contributed by atoms with Gasteiger partial charge in [-0.05, 0) is 31.0 Å². The number of aryl methyl sites for hydroxylation is 1. The number of fused-ring (bicyclic) bond motifs is 1. The molecule has 0 aromatic carbocycles. The Labute approximate surface area is 182 Å². The van der Waals surface area contributed by atoms with Gasteiger partial charge in [-0.2, -0.15) is 13.2 Å². The molecule has 11 heteroatoms. The number of aromatic nitrogens is 2. The molecule has 4 rings (SSSR count). The minimum absolute atomic E-state index is 0.0260. The molecule has 2 aromatic heterocycles. The number of hydrogen-bond donors (Lipinski definition) is 1. The highest BCUT2D eigenvalue weighted by Gasteiger charge is 2.45. The fourth-order valence-electron chi connectivity index (χ4n) is 3.58. The molecule has 1 amide bonds. The summed E-state index contributed by atoms with van der Waals surface area (Å²) in [5.41, 5.74) is 1.53. The Morgan fingerprint density at radius 2 is 1.94 bits per heavy atom. The fraction of sp³-hybridized carbons (Fsp3) is 0.429. The first kappa shape index (κ1) is 23.5.